The van der Waals surface area contributed by atoms with E-state index in [9.17, 15) is 9.59 Å². The van der Waals surface area contributed by atoms with Crippen LogP contribution in [-0.4, -0.2) is 16.8 Å². The van der Waals surface area contributed by atoms with E-state index in [1.54, 1.807) is 36.4 Å². The molecule has 0 bridgehead atoms. The number of urea groups is 1. The Labute approximate surface area is 161 Å². The van der Waals surface area contributed by atoms with Crippen molar-refractivity contribution in [2.45, 2.75) is 6.54 Å². The lowest BCUT2D eigenvalue weighted by molar-refractivity contribution is -0.123. The zero-order valence-corrected chi connectivity index (χ0v) is 14.8. The van der Waals surface area contributed by atoms with Gasteiger partial charge >= 0.3 is 6.03 Å². The molecule has 4 rings (SSSR count). The molecule has 0 spiro atoms. The maximum absolute atomic E-state index is 12.6. The molecule has 3 amide bonds. The molecule has 0 atom stereocenters. The Morgan fingerprint density at radius 1 is 1.00 bits per heavy atom. The Morgan fingerprint density at radius 3 is 2.46 bits per heavy atom. The van der Waals surface area contributed by atoms with E-state index < -0.39 is 11.9 Å². The number of imide groups is 1. The Morgan fingerprint density at radius 2 is 1.75 bits per heavy atom. The smallest absolute Gasteiger partial charge is 0.329 e. The molecule has 1 N–H and O–H groups in total. The molecule has 0 saturated carbocycles. The molecule has 1 aliphatic rings. The molecule has 0 radical (unpaired) electrons. The number of rotatable bonds is 4. The molecule has 1 saturated heterocycles. The molecule has 1 aliphatic heterocycles. The van der Waals surface area contributed by atoms with E-state index in [2.05, 4.69) is 11.4 Å². The second-order valence-electron chi connectivity index (χ2n) is 6.26. The van der Waals surface area contributed by atoms with Crippen LogP contribution in [0.2, 0.25) is 0 Å². The van der Waals surface area contributed by atoms with E-state index in [1.807, 2.05) is 30.3 Å². The standard InChI is InChI=1S/C22H15N3O3/c23-13-15-6-8-17(9-7-15)20-11-10-18(28-20)12-19-21(26)25(22(27)24-19)14-16-4-2-1-3-5-16/h1-12H,14H2,(H,24,27)/b19-12+. The molecule has 1 aromatic heterocycles. The fourth-order valence-electron chi connectivity index (χ4n) is 2.92. The monoisotopic (exact) mass is 369 g/mol. The van der Waals surface area contributed by atoms with Gasteiger partial charge in [-0.05, 0) is 42.0 Å². The van der Waals surface area contributed by atoms with Gasteiger partial charge in [-0.1, -0.05) is 30.3 Å². The zero-order valence-electron chi connectivity index (χ0n) is 14.8. The second kappa shape index (κ2) is 7.25. The highest BCUT2D eigenvalue weighted by Gasteiger charge is 2.33. The first kappa shape index (κ1) is 17.3. The Balaban J connectivity index is 1.53. The number of furan rings is 1. The third-order valence-electron chi connectivity index (χ3n) is 4.36. The highest BCUT2D eigenvalue weighted by atomic mass is 16.3. The molecular formula is C22H15N3O3. The van der Waals surface area contributed by atoms with Crippen molar-refractivity contribution >= 4 is 18.0 Å². The van der Waals surface area contributed by atoms with Crippen LogP contribution in [0.5, 0.6) is 0 Å². The van der Waals surface area contributed by atoms with Gasteiger partial charge in [0, 0.05) is 11.6 Å². The third kappa shape index (κ3) is 3.41. The maximum atomic E-state index is 12.6. The summed E-state index contributed by atoms with van der Waals surface area (Å²) in [7, 11) is 0. The summed E-state index contributed by atoms with van der Waals surface area (Å²) < 4.78 is 5.76. The van der Waals surface area contributed by atoms with Crippen LogP contribution in [0.25, 0.3) is 17.4 Å². The molecule has 6 heteroatoms. The van der Waals surface area contributed by atoms with Crippen LogP contribution in [0.1, 0.15) is 16.9 Å². The van der Waals surface area contributed by atoms with Gasteiger partial charge in [-0.2, -0.15) is 5.26 Å². The summed E-state index contributed by atoms with van der Waals surface area (Å²) in [4.78, 5) is 25.9. The highest BCUT2D eigenvalue weighted by Crippen LogP contribution is 2.24. The summed E-state index contributed by atoms with van der Waals surface area (Å²) in [6.07, 6.45) is 1.51. The van der Waals surface area contributed by atoms with Crippen molar-refractivity contribution in [1.82, 2.24) is 10.2 Å². The first-order valence-corrected chi connectivity index (χ1v) is 8.63. The van der Waals surface area contributed by atoms with Crippen LogP contribution in [0, 0.1) is 11.3 Å². The number of hydrogen-bond donors (Lipinski definition) is 1. The molecule has 2 aromatic carbocycles. The van der Waals surface area contributed by atoms with E-state index in [0.717, 1.165) is 16.0 Å². The lowest BCUT2D eigenvalue weighted by Crippen LogP contribution is -2.30. The highest BCUT2D eigenvalue weighted by molar-refractivity contribution is 6.13. The van der Waals surface area contributed by atoms with Gasteiger partial charge in [0.1, 0.15) is 17.2 Å². The number of nitriles is 1. The van der Waals surface area contributed by atoms with Crippen LogP contribution in [0.3, 0.4) is 0 Å². The van der Waals surface area contributed by atoms with Crippen LogP contribution in [0.4, 0.5) is 4.79 Å². The van der Waals surface area contributed by atoms with Gasteiger partial charge in [0.25, 0.3) is 5.91 Å². The first-order valence-electron chi connectivity index (χ1n) is 8.63. The van der Waals surface area contributed by atoms with Crippen LogP contribution >= 0.6 is 0 Å². The Hall–Kier alpha value is -4.11. The van der Waals surface area contributed by atoms with Gasteiger partial charge < -0.3 is 9.73 Å². The molecule has 3 aromatic rings. The molecule has 136 valence electrons. The number of amides is 3. The van der Waals surface area contributed by atoms with Crippen molar-refractivity contribution in [3.8, 4) is 17.4 Å². The van der Waals surface area contributed by atoms with Crippen LogP contribution in [0.15, 0.2) is 76.8 Å². The average Bonchev–Trinajstić information content (AvgIpc) is 3.29. The molecule has 0 aliphatic carbocycles. The SMILES string of the molecule is N#Cc1ccc(-c2ccc(/C=C3/NC(=O)N(Cc4ccccc4)C3=O)o2)cc1. The van der Waals surface area contributed by atoms with E-state index in [1.165, 1.54) is 6.08 Å². The van der Waals surface area contributed by atoms with E-state index >= 15 is 0 Å². The summed E-state index contributed by atoms with van der Waals surface area (Å²) in [5.41, 5.74) is 2.42. The fraction of sp³-hybridized carbons (Fsp3) is 0.0455. The Kier molecular flexibility index (Phi) is 4.48. The summed E-state index contributed by atoms with van der Waals surface area (Å²) >= 11 is 0. The maximum Gasteiger partial charge on any atom is 0.329 e. The van der Waals surface area contributed by atoms with Crippen molar-refractivity contribution < 1.29 is 14.0 Å². The predicted molar refractivity (Wildman–Crippen MR) is 102 cm³/mol. The molecule has 28 heavy (non-hydrogen) atoms. The Bertz CT molecular complexity index is 1110. The van der Waals surface area contributed by atoms with Gasteiger partial charge in [-0.25, -0.2) is 4.79 Å². The molecular weight excluding hydrogens is 354 g/mol. The number of hydrogen-bond acceptors (Lipinski definition) is 4. The normalized spacial score (nSPS) is 15.0. The fourth-order valence-corrected chi connectivity index (χ4v) is 2.92. The van der Waals surface area contributed by atoms with Crippen molar-refractivity contribution in [3.63, 3.8) is 0 Å². The molecule has 2 heterocycles. The first-order chi connectivity index (χ1) is 13.6. The summed E-state index contributed by atoms with van der Waals surface area (Å²) in [5, 5.41) is 11.5. The lowest BCUT2D eigenvalue weighted by atomic mass is 10.1. The van der Waals surface area contributed by atoms with Crippen molar-refractivity contribution in [1.29, 1.82) is 5.26 Å². The van der Waals surface area contributed by atoms with Gasteiger partial charge in [0.15, 0.2) is 0 Å². The number of nitrogens with one attached hydrogen (secondary N) is 1. The van der Waals surface area contributed by atoms with Gasteiger partial charge in [0.05, 0.1) is 18.2 Å². The van der Waals surface area contributed by atoms with E-state index in [4.69, 9.17) is 9.68 Å². The molecule has 0 unspecified atom stereocenters. The van der Waals surface area contributed by atoms with Gasteiger partial charge in [0.2, 0.25) is 0 Å². The number of benzene rings is 2. The minimum atomic E-state index is -0.459. The number of nitrogens with zero attached hydrogens (tertiary/aromatic N) is 2. The molecule has 1 fully saturated rings. The van der Waals surface area contributed by atoms with Crippen molar-refractivity contribution in [2.75, 3.05) is 0 Å². The van der Waals surface area contributed by atoms with Crippen LogP contribution in [-0.2, 0) is 11.3 Å². The predicted octanol–water partition coefficient (Wildman–Crippen LogP) is 3.91. The van der Waals surface area contributed by atoms with Crippen LogP contribution < -0.4 is 5.32 Å². The minimum absolute atomic E-state index is 0.168. The summed E-state index contributed by atoms with van der Waals surface area (Å²) in [5.74, 6) is 0.656. The summed E-state index contributed by atoms with van der Waals surface area (Å²) in [6, 6.07) is 21.4. The van der Waals surface area contributed by atoms with Crippen molar-refractivity contribution in [3.05, 3.63) is 89.3 Å². The quantitative estimate of drug-likeness (QED) is 0.558. The van der Waals surface area contributed by atoms with E-state index in [-0.39, 0.29) is 12.2 Å². The van der Waals surface area contributed by atoms with Gasteiger partial charge in [-0.15, -0.1) is 0 Å². The number of carbonyl (C=O) groups excluding carboxylic acids is 2. The lowest BCUT2D eigenvalue weighted by Gasteiger charge is -2.11. The third-order valence-corrected chi connectivity index (χ3v) is 4.36. The topological polar surface area (TPSA) is 86.3 Å². The van der Waals surface area contributed by atoms with Crippen molar-refractivity contribution in [2.24, 2.45) is 0 Å². The van der Waals surface area contributed by atoms with Gasteiger partial charge in [-0.3, -0.25) is 9.69 Å². The largest absolute Gasteiger partial charge is 0.457 e. The van der Waals surface area contributed by atoms with E-state index in [0.29, 0.717) is 17.1 Å². The average molecular weight is 369 g/mol. The molecule has 6 nitrogen and oxygen atoms in total. The second-order valence-corrected chi connectivity index (χ2v) is 6.26. The number of carbonyl (C=O) groups is 2. The minimum Gasteiger partial charge on any atom is -0.457 e. The zero-order chi connectivity index (χ0) is 19.5. The summed E-state index contributed by atoms with van der Waals surface area (Å²) in [6.45, 7) is 0.206.